The molecule has 1 fully saturated rings. The minimum Gasteiger partial charge on any atom is -0.393 e. The van der Waals surface area contributed by atoms with Crippen molar-refractivity contribution >= 4 is 0 Å². The quantitative estimate of drug-likeness (QED) is 0.360. The summed E-state index contributed by atoms with van der Waals surface area (Å²) in [6.45, 7) is -0.979. The lowest BCUT2D eigenvalue weighted by atomic mass is 10.1. The van der Waals surface area contributed by atoms with Gasteiger partial charge in [-0.2, -0.15) is 0 Å². The van der Waals surface area contributed by atoms with Crippen molar-refractivity contribution in [2.45, 2.75) is 24.2 Å². The summed E-state index contributed by atoms with van der Waals surface area (Å²) in [7, 11) is 0. The van der Waals surface area contributed by atoms with Crippen LogP contribution in [0.5, 0.6) is 0 Å². The molecule has 0 unspecified atom stereocenters. The lowest BCUT2D eigenvalue weighted by molar-refractivity contribution is -0.124. The van der Waals surface area contributed by atoms with Gasteiger partial charge in [-0.25, -0.2) is 9.18 Å². The number of nitrogens with zero attached hydrogens (tertiary/aromatic N) is 4. The first-order valence-corrected chi connectivity index (χ1v) is 5.44. The van der Waals surface area contributed by atoms with E-state index in [2.05, 4.69) is 10.0 Å². The molecule has 0 saturated carbocycles. The van der Waals surface area contributed by atoms with Crippen LogP contribution in [-0.4, -0.2) is 44.4 Å². The second-order valence-electron chi connectivity index (χ2n) is 4.11. The van der Waals surface area contributed by atoms with Crippen LogP contribution in [0.1, 0.15) is 6.23 Å². The van der Waals surface area contributed by atoms with Crippen LogP contribution in [0.15, 0.2) is 27.0 Å². The molecule has 3 N–H and O–H groups in total. The Labute approximate surface area is 109 Å². The van der Waals surface area contributed by atoms with Gasteiger partial charge in [0, 0.05) is 17.2 Å². The predicted molar refractivity (Wildman–Crippen MR) is 61.3 cm³/mol. The van der Waals surface area contributed by atoms with E-state index >= 15 is 0 Å². The van der Waals surface area contributed by atoms with Gasteiger partial charge in [0.05, 0.1) is 6.61 Å². The van der Waals surface area contributed by atoms with Crippen molar-refractivity contribution in [3.05, 3.63) is 43.5 Å². The molecule has 1 aliphatic rings. The van der Waals surface area contributed by atoms with Crippen molar-refractivity contribution in [2.24, 2.45) is 5.11 Å². The van der Waals surface area contributed by atoms with E-state index in [-0.39, 0.29) is 0 Å². The van der Waals surface area contributed by atoms with Gasteiger partial charge < -0.3 is 14.9 Å². The number of ether oxygens (including phenoxy) is 1. The zero-order chi connectivity index (χ0) is 14.9. The molecule has 0 amide bonds. The van der Waals surface area contributed by atoms with Gasteiger partial charge in [-0.15, -0.1) is 0 Å². The van der Waals surface area contributed by atoms with Crippen molar-refractivity contribution in [3.63, 3.8) is 0 Å². The molecule has 1 saturated heterocycles. The summed E-state index contributed by atoms with van der Waals surface area (Å²) in [4.78, 5) is 26.7. The summed E-state index contributed by atoms with van der Waals surface area (Å²) in [5.74, 6) is 0. The van der Waals surface area contributed by atoms with Gasteiger partial charge in [-0.3, -0.25) is 14.3 Å². The number of nitrogens with one attached hydrogen (secondary N) is 1. The molecule has 0 aromatic carbocycles. The average Bonchev–Trinajstić information content (AvgIpc) is 2.65. The SMILES string of the molecule is [N-]=[N+]=N[C@]1(CO)O[C@@H](n2ccc(=O)[nH]c2=O)[C@@H](F)[C@H]1O. The molecule has 2 rings (SSSR count). The second kappa shape index (κ2) is 5.06. The molecule has 0 bridgehead atoms. The highest BCUT2D eigenvalue weighted by atomic mass is 19.1. The van der Waals surface area contributed by atoms with Crippen LogP contribution in [0.2, 0.25) is 0 Å². The monoisotopic (exact) mass is 287 g/mol. The minimum absolute atomic E-state index is 0.680. The van der Waals surface area contributed by atoms with Crippen molar-refractivity contribution in [2.75, 3.05) is 6.61 Å². The predicted octanol–water partition coefficient (Wildman–Crippen LogP) is -1.24. The Morgan fingerprint density at radius 1 is 1.65 bits per heavy atom. The van der Waals surface area contributed by atoms with Gasteiger partial charge in [0.1, 0.15) is 6.10 Å². The van der Waals surface area contributed by atoms with E-state index in [1.165, 1.54) is 0 Å². The highest BCUT2D eigenvalue weighted by Crippen LogP contribution is 2.39. The molecule has 1 aromatic rings. The van der Waals surface area contributed by atoms with Crippen LogP contribution in [0.25, 0.3) is 10.4 Å². The number of aromatic nitrogens is 2. The van der Waals surface area contributed by atoms with E-state index in [0.29, 0.717) is 4.57 Å². The Hall–Kier alpha value is -2.20. The summed E-state index contributed by atoms with van der Waals surface area (Å²) in [6.07, 6.45) is -4.79. The lowest BCUT2D eigenvalue weighted by Crippen LogP contribution is -2.43. The maximum Gasteiger partial charge on any atom is 0.330 e. The molecule has 10 nitrogen and oxygen atoms in total. The molecule has 1 aliphatic heterocycles. The Kier molecular flexibility index (Phi) is 3.59. The van der Waals surface area contributed by atoms with Crippen LogP contribution in [-0.2, 0) is 4.74 Å². The van der Waals surface area contributed by atoms with Crippen LogP contribution >= 0.6 is 0 Å². The van der Waals surface area contributed by atoms with E-state index < -0.39 is 42.1 Å². The first-order chi connectivity index (χ1) is 9.45. The molecule has 11 heteroatoms. The summed E-state index contributed by atoms with van der Waals surface area (Å²) in [6, 6.07) is 0.955. The maximum atomic E-state index is 14.0. The lowest BCUT2D eigenvalue weighted by Gasteiger charge is -2.23. The number of halogens is 1. The molecule has 0 aliphatic carbocycles. The third-order valence-electron chi connectivity index (χ3n) is 2.93. The van der Waals surface area contributed by atoms with Gasteiger partial charge in [0.25, 0.3) is 5.56 Å². The van der Waals surface area contributed by atoms with Crippen molar-refractivity contribution < 1.29 is 19.3 Å². The molecule has 20 heavy (non-hydrogen) atoms. The minimum atomic E-state index is -2.23. The first-order valence-electron chi connectivity index (χ1n) is 5.44. The fourth-order valence-electron chi connectivity index (χ4n) is 1.91. The Bertz CT molecular complexity index is 667. The number of hydrogen-bond acceptors (Lipinski definition) is 6. The molecule has 0 radical (unpaired) electrons. The van der Waals surface area contributed by atoms with E-state index in [4.69, 9.17) is 15.4 Å². The zero-order valence-electron chi connectivity index (χ0n) is 9.88. The van der Waals surface area contributed by atoms with E-state index in [9.17, 15) is 19.1 Å². The summed E-state index contributed by atoms with van der Waals surface area (Å²) >= 11 is 0. The first kappa shape index (κ1) is 14.2. The highest BCUT2D eigenvalue weighted by Gasteiger charge is 2.56. The summed E-state index contributed by atoms with van der Waals surface area (Å²) in [5.41, 5.74) is 4.51. The van der Waals surface area contributed by atoms with Gasteiger partial charge in [-0.05, 0) is 5.53 Å². The standard InChI is InChI=1S/C9H10FN5O5/c10-5-6(18)9(3-16,13-14-11)20-7(5)15-2-1-4(17)12-8(15)19/h1-2,5-7,16,18H,3H2,(H,12,17,19)/t5-,6+,7+,9+/m0/s1. The molecular formula is C9H10FN5O5. The summed E-state index contributed by atoms with van der Waals surface area (Å²) in [5, 5.41) is 21.9. The molecular weight excluding hydrogens is 277 g/mol. The second-order valence-corrected chi connectivity index (χ2v) is 4.11. The molecule has 1 aromatic heterocycles. The topological polar surface area (TPSA) is 153 Å². The van der Waals surface area contributed by atoms with Gasteiger partial charge in [0.15, 0.2) is 12.4 Å². The van der Waals surface area contributed by atoms with Crippen molar-refractivity contribution in [1.29, 1.82) is 0 Å². The maximum absolute atomic E-state index is 14.0. The molecule has 0 spiro atoms. The van der Waals surface area contributed by atoms with Crippen molar-refractivity contribution in [3.8, 4) is 0 Å². The number of aliphatic hydroxyl groups excluding tert-OH is 2. The number of azide groups is 1. The largest absolute Gasteiger partial charge is 0.393 e. The normalized spacial score (nSPS) is 32.9. The summed E-state index contributed by atoms with van der Waals surface area (Å²) < 4.78 is 19.7. The average molecular weight is 287 g/mol. The number of aromatic amines is 1. The number of aliphatic hydroxyl groups is 2. The highest BCUT2D eigenvalue weighted by molar-refractivity contribution is 5.01. The van der Waals surface area contributed by atoms with Gasteiger partial charge >= 0.3 is 5.69 Å². The molecule has 108 valence electrons. The van der Waals surface area contributed by atoms with Crippen LogP contribution < -0.4 is 11.2 Å². The smallest absolute Gasteiger partial charge is 0.330 e. The number of rotatable bonds is 3. The third-order valence-corrected chi connectivity index (χ3v) is 2.93. The molecule has 4 atom stereocenters. The Balaban J connectivity index is 2.47. The van der Waals surface area contributed by atoms with Gasteiger partial charge in [0.2, 0.25) is 5.72 Å². The van der Waals surface area contributed by atoms with E-state index in [1.807, 2.05) is 4.98 Å². The van der Waals surface area contributed by atoms with E-state index in [0.717, 1.165) is 12.3 Å². The van der Waals surface area contributed by atoms with E-state index in [1.54, 1.807) is 0 Å². The zero-order valence-corrected chi connectivity index (χ0v) is 9.88. The van der Waals surface area contributed by atoms with Crippen LogP contribution in [0, 0.1) is 0 Å². The fraction of sp³-hybridized carbons (Fsp3) is 0.556. The Morgan fingerprint density at radius 2 is 2.35 bits per heavy atom. The fourth-order valence-corrected chi connectivity index (χ4v) is 1.91. The van der Waals surface area contributed by atoms with Crippen LogP contribution in [0.3, 0.4) is 0 Å². The van der Waals surface area contributed by atoms with Crippen molar-refractivity contribution in [1.82, 2.24) is 9.55 Å². The molecule has 2 heterocycles. The number of hydrogen-bond donors (Lipinski definition) is 3. The Morgan fingerprint density at radius 3 is 2.90 bits per heavy atom. The van der Waals surface area contributed by atoms with Crippen LogP contribution in [0.4, 0.5) is 4.39 Å². The van der Waals surface area contributed by atoms with Gasteiger partial charge in [-0.1, -0.05) is 5.11 Å². The third kappa shape index (κ3) is 2.08. The number of alkyl halides is 1. The number of H-pyrrole nitrogens is 1.